The Kier molecular flexibility index (Phi) is 10.8. The largest absolute Gasteiger partial charge is 0.480 e. The Bertz CT molecular complexity index is 1270. The van der Waals surface area contributed by atoms with Crippen molar-refractivity contribution in [1.29, 1.82) is 0 Å². The van der Waals surface area contributed by atoms with Crippen LogP contribution in [0.15, 0.2) is 91.0 Å². The van der Waals surface area contributed by atoms with E-state index >= 15 is 0 Å². The molecule has 4 N–H and O–H groups in total. The van der Waals surface area contributed by atoms with E-state index < -0.39 is 49.2 Å². The average molecular weight is 553 g/mol. The Balaban J connectivity index is 1.82. The lowest BCUT2D eigenvalue weighted by atomic mass is 10.00. The lowest BCUT2D eigenvalue weighted by molar-refractivity contribution is -0.141. The van der Waals surface area contributed by atoms with Crippen LogP contribution in [0, 0.1) is 5.92 Å². The standard InChI is InChI=1S/C29H33N2O7P/c1-21(28(33)34)30-27(32)25(17-22-11-5-2-6-12-22)20-39(36,37)26(18-23-13-7-3-8-14-23)31-29(35)38-19-24-15-9-4-10-16-24/h2-16,21,25-26H,17-20H2,1H3,(H,30,32)(H,31,35)(H,33,34)(H,36,37)/t21-,25?,26+/m0/s1. The molecule has 3 rings (SSSR count). The molecule has 9 nitrogen and oxygen atoms in total. The Labute approximate surface area is 227 Å². The first-order chi connectivity index (χ1) is 18.6. The van der Waals surface area contributed by atoms with E-state index in [4.69, 9.17) is 4.74 Å². The summed E-state index contributed by atoms with van der Waals surface area (Å²) in [5.41, 5.74) is 2.21. The summed E-state index contributed by atoms with van der Waals surface area (Å²) in [6.45, 7) is 1.30. The molecule has 3 aromatic rings. The molecule has 0 aliphatic rings. The van der Waals surface area contributed by atoms with Gasteiger partial charge in [-0.3, -0.25) is 14.2 Å². The van der Waals surface area contributed by atoms with Gasteiger partial charge in [-0.15, -0.1) is 0 Å². The molecule has 4 atom stereocenters. The summed E-state index contributed by atoms with van der Waals surface area (Å²) in [6.07, 6.45) is -1.20. The lowest BCUT2D eigenvalue weighted by Crippen LogP contribution is -2.44. The van der Waals surface area contributed by atoms with Crippen LogP contribution in [0.2, 0.25) is 0 Å². The van der Waals surface area contributed by atoms with Gasteiger partial charge in [-0.25, -0.2) is 4.79 Å². The van der Waals surface area contributed by atoms with Gasteiger partial charge in [-0.1, -0.05) is 91.0 Å². The lowest BCUT2D eigenvalue weighted by Gasteiger charge is -2.28. The number of aliphatic carboxylic acids is 1. The topological polar surface area (TPSA) is 142 Å². The second-order valence-electron chi connectivity index (χ2n) is 9.30. The van der Waals surface area contributed by atoms with Crippen LogP contribution >= 0.6 is 7.37 Å². The van der Waals surface area contributed by atoms with Gasteiger partial charge in [0.15, 0.2) is 0 Å². The molecule has 0 spiro atoms. The van der Waals surface area contributed by atoms with Crippen molar-refractivity contribution in [2.45, 2.75) is 38.2 Å². The fraction of sp³-hybridized carbons (Fsp3) is 0.276. The van der Waals surface area contributed by atoms with Crippen LogP contribution in [0.3, 0.4) is 0 Å². The summed E-state index contributed by atoms with van der Waals surface area (Å²) in [4.78, 5) is 48.4. The minimum absolute atomic E-state index is 0.0213. The molecular weight excluding hydrogens is 519 g/mol. The third-order valence-corrected chi connectivity index (χ3v) is 8.41. The predicted molar refractivity (Wildman–Crippen MR) is 147 cm³/mol. The number of hydrogen-bond acceptors (Lipinski definition) is 5. The number of carbonyl (C=O) groups excluding carboxylic acids is 2. The Morgan fingerprint density at radius 1 is 0.795 bits per heavy atom. The molecule has 0 fully saturated rings. The number of nitrogens with one attached hydrogen (secondary N) is 2. The maximum absolute atomic E-state index is 13.8. The van der Waals surface area contributed by atoms with E-state index in [-0.39, 0.29) is 19.4 Å². The first kappa shape index (κ1) is 29.6. The van der Waals surface area contributed by atoms with Gasteiger partial charge < -0.3 is 25.4 Å². The number of carboxylic acids is 1. The highest BCUT2D eigenvalue weighted by molar-refractivity contribution is 7.58. The average Bonchev–Trinajstić information content (AvgIpc) is 2.92. The van der Waals surface area contributed by atoms with E-state index in [2.05, 4.69) is 10.6 Å². The number of amides is 2. The Morgan fingerprint density at radius 3 is 1.79 bits per heavy atom. The monoisotopic (exact) mass is 552 g/mol. The second-order valence-corrected chi connectivity index (χ2v) is 11.8. The van der Waals surface area contributed by atoms with E-state index in [9.17, 15) is 28.9 Å². The number of alkyl carbamates (subject to hydrolysis) is 1. The molecule has 3 aromatic carbocycles. The molecule has 0 saturated carbocycles. The second kappa shape index (κ2) is 14.3. The smallest absolute Gasteiger partial charge is 0.408 e. The van der Waals surface area contributed by atoms with Gasteiger partial charge in [0.05, 0.1) is 5.92 Å². The van der Waals surface area contributed by atoms with Crippen molar-refractivity contribution in [3.05, 3.63) is 108 Å². The van der Waals surface area contributed by atoms with E-state index in [0.717, 1.165) is 11.1 Å². The first-order valence-electron chi connectivity index (χ1n) is 12.5. The molecule has 10 heteroatoms. The fourth-order valence-electron chi connectivity index (χ4n) is 4.01. The fourth-order valence-corrected chi connectivity index (χ4v) is 5.99. The van der Waals surface area contributed by atoms with Gasteiger partial charge in [0.1, 0.15) is 18.4 Å². The normalized spacial score (nSPS) is 14.7. The number of rotatable bonds is 13. The summed E-state index contributed by atoms with van der Waals surface area (Å²) >= 11 is 0. The molecule has 206 valence electrons. The van der Waals surface area contributed by atoms with E-state index in [1.165, 1.54) is 6.92 Å². The molecule has 2 unspecified atom stereocenters. The van der Waals surface area contributed by atoms with Crippen molar-refractivity contribution in [1.82, 2.24) is 10.6 Å². The number of carboxylic acid groups (broad SMARTS) is 1. The molecule has 0 heterocycles. The molecule has 0 aliphatic heterocycles. The molecule has 0 aliphatic carbocycles. The van der Waals surface area contributed by atoms with E-state index in [1.807, 2.05) is 18.2 Å². The number of ether oxygens (including phenoxy) is 1. The molecule has 0 saturated heterocycles. The zero-order valence-corrected chi connectivity index (χ0v) is 22.5. The Morgan fingerprint density at radius 2 is 1.28 bits per heavy atom. The van der Waals surface area contributed by atoms with Crippen molar-refractivity contribution in [3.8, 4) is 0 Å². The number of benzene rings is 3. The van der Waals surface area contributed by atoms with Gasteiger partial charge >= 0.3 is 12.1 Å². The van der Waals surface area contributed by atoms with Gasteiger partial charge in [-0.2, -0.15) is 0 Å². The van der Waals surface area contributed by atoms with Gasteiger partial charge in [0.2, 0.25) is 13.3 Å². The van der Waals surface area contributed by atoms with Gasteiger partial charge in [0.25, 0.3) is 0 Å². The maximum Gasteiger partial charge on any atom is 0.408 e. The highest BCUT2D eigenvalue weighted by atomic mass is 31.2. The molecular formula is C29H33N2O7P. The minimum atomic E-state index is -4.25. The van der Waals surface area contributed by atoms with Crippen LogP contribution in [-0.2, 0) is 38.3 Å². The molecule has 0 bridgehead atoms. The van der Waals surface area contributed by atoms with Crippen molar-refractivity contribution in [2.24, 2.45) is 5.92 Å². The Hall–Kier alpha value is -3.94. The maximum atomic E-state index is 13.8. The van der Waals surface area contributed by atoms with Crippen LogP contribution in [-0.4, -0.2) is 46.0 Å². The molecule has 0 aromatic heterocycles. The molecule has 2 amide bonds. The SMILES string of the molecule is C[C@H](NC(=O)C(Cc1ccccc1)CP(=O)(O)[C@H](Cc1ccccc1)NC(=O)OCc1ccccc1)C(=O)O. The van der Waals surface area contributed by atoms with Crippen LogP contribution in [0.25, 0.3) is 0 Å². The van der Waals surface area contributed by atoms with Crippen molar-refractivity contribution in [2.75, 3.05) is 6.16 Å². The third kappa shape index (κ3) is 9.71. The predicted octanol–water partition coefficient (Wildman–Crippen LogP) is 4.20. The first-order valence-corrected chi connectivity index (χ1v) is 14.4. The van der Waals surface area contributed by atoms with Gasteiger partial charge in [0, 0.05) is 12.6 Å². The van der Waals surface area contributed by atoms with Crippen molar-refractivity contribution >= 4 is 25.3 Å². The summed E-state index contributed by atoms with van der Waals surface area (Å²) in [6, 6.07) is 25.7. The van der Waals surface area contributed by atoms with Crippen LogP contribution in [0.5, 0.6) is 0 Å². The minimum Gasteiger partial charge on any atom is -0.480 e. The molecule has 0 radical (unpaired) electrons. The number of hydrogen-bond donors (Lipinski definition) is 4. The summed E-state index contributed by atoms with van der Waals surface area (Å²) in [7, 11) is -4.25. The summed E-state index contributed by atoms with van der Waals surface area (Å²) in [5, 5.41) is 14.2. The third-order valence-electron chi connectivity index (χ3n) is 6.16. The van der Waals surface area contributed by atoms with Crippen LogP contribution < -0.4 is 10.6 Å². The number of carbonyl (C=O) groups is 3. The summed E-state index contributed by atoms with van der Waals surface area (Å²) < 4.78 is 19.1. The van der Waals surface area contributed by atoms with Gasteiger partial charge in [-0.05, 0) is 30.0 Å². The van der Waals surface area contributed by atoms with Crippen LogP contribution in [0.4, 0.5) is 4.79 Å². The highest BCUT2D eigenvalue weighted by Gasteiger charge is 2.38. The van der Waals surface area contributed by atoms with Crippen LogP contribution in [0.1, 0.15) is 23.6 Å². The molecule has 39 heavy (non-hydrogen) atoms. The van der Waals surface area contributed by atoms with E-state index in [1.54, 1.807) is 72.8 Å². The van der Waals surface area contributed by atoms with E-state index in [0.29, 0.717) is 5.56 Å². The summed E-state index contributed by atoms with van der Waals surface area (Å²) in [5.74, 6) is -4.15. The van der Waals surface area contributed by atoms with Crippen molar-refractivity contribution < 1.29 is 33.7 Å². The van der Waals surface area contributed by atoms with Crippen molar-refractivity contribution in [3.63, 3.8) is 0 Å². The highest BCUT2D eigenvalue weighted by Crippen LogP contribution is 2.48. The quantitative estimate of drug-likeness (QED) is 0.233. The zero-order valence-electron chi connectivity index (χ0n) is 21.6. The zero-order chi connectivity index (χ0) is 28.3.